The van der Waals surface area contributed by atoms with Crippen LogP contribution in [-0.4, -0.2) is 21.3 Å². The van der Waals surface area contributed by atoms with Gasteiger partial charge in [-0.2, -0.15) is 5.10 Å². The third-order valence-corrected chi connectivity index (χ3v) is 4.59. The van der Waals surface area contributed by atoms with Gasteiger partial charge in [0.1, 0.15) is 0 Å². The summed E-state index contributed by atoms with van der Waals surface area (Å²) in [5, 5.41) is 11.5. The lowest BCUT2D eigenvalue weighted by Crippen LogP contribution is -2.25. The van der Waals surface area contributed by atoms with E-state index in [-0.39, 0.29) is 0 Å². The van der Waals surface area contributed by atoms with Crippen LogP contribution in [0.1, 0.15) is 47.0 Å². The van der Waals surface area contributed by atoms with E-state index in [4.69, 9.17) is 0 Å². The van der Waals surface area contributed by atoms with Crippen molar-refractivity contribution < 1.29 is 0 Å². The average Bonchev–Trinajstić information content (AvgIpc) is 2.90. The van der Waals surface area contributed by atoms with Crippen molar-refractivity contribution in [2.75, 3.05) is 6.54 Å². The maximum atomic E-state index is 4.60. The molecule has 1 N–H and O–H groups in total. The topological polar surface area (TPSA) is 42.7 Å². The van der Waals surface area contributed by atoms with E-state index in [2.05, 4.69) is 48.5 Å². The predicted octanol–water partition coefficient (Wildman–Crippen LogP) is 3.09. The van der Waals surface area contributed by atoms with Gasteiger partial charge in [-0.25, -0.2) is 4.98 Å². The highest BCUT2D eigenvalue weighted by Gasteiger charge is 2.21. The maximum absolute atomic E-state index is 4.60. The quantitative estimate of drug-likeness (QED) is 0.889. The van der Waals surface area contributed by atoms with Gasteiger partial charge in [-0.3, -0.25) is 4.68 Å². The van der Waals surface area contributed by atoms with Crippen LogP contribution < -0.4 is 5.32 Å². The van der Waals surface area contributed by atoms with E-state index < -0.39 is 0 Å². The second-order valence-corrected chi connectivity index (χ2v) is 6.24. The predicted molar refractivity (Wildman–Crippen MR) is 84.3 cm³/mol. The van der Waals surface area contributed by atoms with Crippen LogP contribution in [0.3, 0.4) is 0 Å². The van der Waals surface area contributed by atoms with Crippen LogP contribution in [-0.2, 0) is 13.5 Å². The molecule has 1 unspecified atom stereocenters. The van der Waals surface area contributed by atoms with Gasteiger partial charge in [0, 0.05) is 41.8 Å². The molecule has 0 aliphatic heterocycles. The van der Waals surface area contributed by atoms with Crippen LogP contribution in [0.4, 0.5) is 0 Å². The molecular formula is C15H24N4S. The van der Waals surface area contributed by atoms with E-state index in [0.717, 1.165) is 30.8 Å². The van der Waals surface area contributed by atoms with Crippen LogP contribution in [0.15, 0.2) is 5.38 Å². The highest BCUT2D eigenvalue weighted by molar-refractivity contribution is 7.09. The monoisotopic (exact) mass is 292 g/mol. The van der Waals surface area contributed by atoms with E-state index in [1.165, 1.54) is 16.3 Å². The molecule has 2 heterocycles. The normalized spacial score (nSPS) is 12.8. The molecule has 0 aliphatic rings. The molecule has 0 aliphatic carbocycles. The number of aryl methyl sites for hydroxylation is 3. The smallest absolute Gasteiger partial charge is 0.0947 e. The van der Waals surface area contributed by atoms with Gasteiger partial charge in [-0.15, -0.1) is 11.3 Å². The van der Waals surface area contributed by atoms with Crippen molar-refractivity contribution in [2.24, 2.45) is 7.05 Å². The molecule has 0 amide bonds. The molecule has 5 heteroatoms. The Morgan fingerprint density at radius 1 is 1.35 bits per heavy atom. The second-order valence-electron chi connectivity index (χ2n) is 5.30. The third kappa shape index (κ3) is 3.27. The van der Waals surface area contributed by atoms with Crippen LogP contribution >= 0.6 is 11.3 Å². The number of thiazole rings is 1. The summed E-state index contributed by atoms with van der Waals surface area (Å²) in [5.74, 6) is 0. The van der Waals surface area contributed by atoms with Gasteiger partial charge >= 0.3 is 0 Å². The van der Waals surface area contributed by atoms with Crippen LogP contribution in [0.25, 0.3) is 0 Å². The Kier molecular flexibility index (Phi) is 4.94. The summed E-state index contributed by atoms with van der Waals surface area (Å²) in [5.41, 5.74) is 4.80. The van der Waals surface area contributed by atoms with Crippen molar-refractivity contribution in [2.45, 2.75) is 46.6 Å². The Balaban J connectivity index is 2.26. The fourth-order valence-electron chi connectivity index (χ4n) is 2.56. The number of nitrogens with zero attached hydrogens (tertiary/aromatic N) is 3. The van der Waals surface area contributed by atoms with Crippen molar-refractivity contribution in [1.29, 1.82) is 0 Å². The SMILES string of the molecule is CCCNC(Cc1nc(C)cs1)c1c(C)nn(C)c1C. The lowest BCUT2D eigenvalue weighted by Gasteiger charge is -2.18. The van der Waals surface area contributed by atoms with E-state index in [1.54, 1.807) is 11.3 Å². The summed E-state index contributed by atoms with van der Waals surface area (Å²) < 4.78 is 1.97. The molecule has 0 radical (unpaired) electrons. The molecule has 0 aromatic carbocycles. The molecule has 4 nitrogen and oxygen atoms in total. The Bertz CT molecular complexity index is 570. The first-order chi connectivity index (χ1) is 9.52. The standard InChI is InChI=1S/C15H24N4S/c1-6-7-16-13(8-14-17-10(2)9-20-14)15-11(3)18-19(5)12(15)4/h9,13,16H,6-8H2,1-5H3. The van der Waals surface area contributed by atoms with Gasteiger partial charge in [0.25, 0.3) is 0 Å². The van der Waals surface area contributed by atoms with Crippen LogP contribution in [0.2, 0.25) is 0 Å². The van der Waals surface area contributed by atoms with Crippen LogP contribution in [0.5, 0.6) is 0 Å². The third-order valence-electron chi connectivity index (χ3n) is 3.60. The summed E-state index contributed by atoms with van der Waals surface area (Å²) in [6.45, 7) is 9.50. The Morgan fingerprint density at radius 2 is 2.10 bits per heavy atom. The van der Waals surface area contributed by atoms with Gasteiger partial charge in [0.05, 0.1) is 10.7 Å². The van der Waals surface area contributed by atoms with E-state index in [0.29, 0.717) is 6.04 Å². The van der Waals surface area contributed by atoms with E-state index in [1.807, 2.05) is 11.7 Å². The molecule has 0 bridgehead atoms. The van der Waals surface area contributed by atoms with Crippen molar-refractivity contribution in [3.63, 3.8) is 0 Å². The highest BCUT2D eigenvalue weighted by Crippen LogP contribution is 2.25. The molecule has 20 heavy (non-hydrogen) atoms. The van der Waals surface area contributed by atoms with E-state index in [9.17, 15) is 0 Å². The molecule has 0 saturated carbocycles. The first-order valence-electron chi connectivity index (χ1n) is 7.17. The summed E-state index contributed by atoms with van der Waals surface area (Å²) in [6.07, 6.45) is 2.07. The fourth-order valence-corrected chi connectivity index (χ4v) is 3.38. The minimum absolute atomic E-state index is 0.300. The zero-order chi connectivity index (χ0) is 14.7. The summed E-state index contributed by atoms with van der Waals surface area (Å²) in [6, 6.07) is 0.300. The molecule has 2 aromatic rings. The van der Waals surface area contributed by atoms with Gasteiger partial charge in [0.15, 0.2) is 0 Å². The van der Waals surface area contributed by atoms with Gasteiger partial charge in [0.2, 0.25) is 0 Å². The zero-order valence-electron chi connectivity index (χ0n) is 13.0. The Labute approximate surface area is 125 Å². The molecule has 2 rings (SSSR count). The summed E-state index contributed by atoms with van der Waals surface area (Å²) in [4.78, 5) is 4.60. The van der Waals surface area contributed by atoms with Gasteiger partial charge in [-0.05, 0) is 33.7 Å². The molecule has 2 aromatic heterocycles. The lowest BCUT2D eigenvalue weighted by molar-refractivity contribution is 0.523. The van der Waals surface area contributed by atoms with Crippen LogP contribution in [0, 0.1) is 20.8 Å². The molecule has 0 saturated heterocycles. The average molecular weight is 292 g/mol. The molecule has 0 spiro atoms. The molecular weight excluding hydrogens is 268 g/mol. The first-order valence-corrected chi connectivity index (χ1v) is 8.05. The fraction of sp³-hybridized carbons (Fsp3) is 0.600. The maximum Gasteiger partial charge on any atom is 0.0947 e. The van der Waals surface area contributed by atoms with Crippen molar-refractivity contribution in [1.82, 2.24) is 20.1 Å². The Hall–Kier alpha value is -1.20. The molecule has 0 fully saturated rings. The first kappa shape index (κ1) is 15.2. The molecule has 110 valence electrons. The van der Waals surface area contributed by atoms with E-state index >= 15 is 0 Å². The Morgan fingerprint density at radius 3 is 2.60 bits per heavy atom. The number of hydrogen-bond donors (Lipinski definition) is 1. The molecule has 1 atom stereocenters. The van der Waals surface area contributed by atoms with Crippen molar-refractivity contribution >= 4 is 11.3 Å². The minimum Gasteiger partial charge on any atom is -0.309 e. The second kappa shape index (κ2) is 6.50. The van der Waals surface area contributed by atoms with Crippen molar-refractivity contribution in [3.05, 3.63) is 33.0 Å². The largest absolute Gasteiger partial charge is 0.309 e. The van der Waals surface area contributed by atoms with Crippen molar-refractivity contribution in [3.8, 4) is 0 Å². The summed E-state index contributed by atoms with van der Waals surface area (Å²) >= 11 is 1.75. The number of aromatic nitrogens is 3. The minimum atomic E-state index is 0.300. The summed E-state index contributed by atoms with van der Waals surface area (Å²) in [7, 11) is 2.01. The number of hydrogen-bond acceptors (Lipinski definition) is 4. The van der Waals surface area contributed by atoms with Gasteiger partial charge < -0.3 is 5.32 Å². The number of nitrogens with one attached hydrogen (secondary N) is 1. The highest BCUT2D eigenvalue weighted by atomic mass is 32.1. The number of rotatable bonds is 6. The zero-order valence-corrected chi connectivity index (χ0v) is 13.8. The van der Waals surface area contributed by atoms with Gasteiger partial charge in [-0.1, -0.05) is 6.92 Å². The lowest BCUT2D eigenvalue weighted by atomic mass is 10.0.